The van der Waals surface area contributed by atoms with Crippen molar-refractivity contribution in [1.82, 2.24) is 0 Å². The molecule has 4 heteroatoms. The minimum absolute atomic E-state index is 0. The molecule has 0 bridgehead atoms. The normalized spacial score (nSPS) is 9.75. The smallest absolute Gasteiger partial charge is 0.0618 e. The van der Waals surface area contributed by atoms with E-state index in [-0.39, 0.29) is 34.1 Å². The summed E-state index contributed by atoms with van der Waals surface area (Å²) in [4.78, 5) is 8.72. The fraction of sp³-hybridized carbons (Fsp3) is 0. The van der Waals surface area contributed by atoms with Crippen LogP contribution in [0.15, 0.2) is 119 Å². The first-order valence-corrected chi connectivity index (χ1v) is 9.52. The number of benzene rings is 1. The molecule has 0 aliphatic carbocycles. The molecule has 0 spiro atoms. The molecule has 0 atom stereocenters. The Kier molecular flexibility index (Phi) is 14.1. The van der Waals surface area contributed by atoms with Gasteiger partial charge in [-0.15, -0.1) is 5.56 Å². The molecule has 0 unspecified atom stereocenters. The Morgan fingerprint density at radius 2 is 1.06 bits per heavy atom. The van der Waals surface area contributed by atoms with Crippen molar-refractivity contribution in [1.29, 1.82) is 0 Å². The number of hydrogen-bond donors (Lipinski definition) is 0. The van der Waals surface area contributed by atoms with Crippen LogP contribution in [0.4, 0.5) is 11.4 Å². The molecule has 0 saturated heterocycles. The predicted octanol–water partition coefficient (Wildman–Crippen LogP) is 6.63. The molecule has 0 radical (unpaired) electrons. The van der Waals surface area contributed by atoms with Gasteiger partial charge in [-0.3, -0.25) is 9.98 Å². The first kappa shape index (κ1) is 27.0. The van der Waals surface area contributed by atoms with E-state index in [1.165, 1.54) is 0 Å². The van der Waals surface area contributed by atoms with E-state index in [0.29, 0.717) is 0 Å². The van der Waals surface area contributed by atoms with Crippen molar-refractivity contribution in [3.8, 4) is 0 Å². The van der Waals surface area contributed by atoms with E-state index in [4.69, 9.17) is 0 Å². The second-order valence-electron chi connectivity index (χ2n) is 6.09. The van der Waals surface area contributed by atoms with Gasteiger partial charge in [0.25, 0.3) is 0 Å². The maximum atomic E-state index is 4.40. The summed E-state index contributed by atoms with van der Waals surface area (Å²) in [6.45, 7) is 0. The van der Waals surface area contributed by atoms with Crippen molar-refractivity contribution in [3.05, 3.63) is 145 Å². The topological polar surface area (TPSA) is 24.7 Å². The van der Waals surface area contributed by atoms with Crippen LogP contribution in [0.25, 0.3) is 0 Å². The molecule has 0 aromatic heterocycles. The summed E-state index contributed by atoms with van der Waals surface area (Å²) in [5.41, 5.74) is 3.61. The fourth-order valence-electron chi connectivity index (χ4n) is 2.32. The molecular weight excluding hydrogens is 476 g/mol. The maximum Gasteiger partial charge on any atom is 0.0618 e. The third-order valence-corrected chi connectivity index (χ3v) is 3.81. The van der Waals surface area contributed by atoms with Crippen LogP contribution in [-0.4, -0.2) is 12.4 Å². The van der Waals surface area contributed by atoms with Crippen LogP contribution in [0.1, 0.15) is 11.1 Å². The predicted molar refractivity (Wildman–Crippen MR) is 124 cm³/mol. The minimum atomic E-state index is 0. The van der Waals surface area contributed by atoms with Crippen molar-refractivity contribution in [3.63, 3.8) is 0 Å². The Morgan fingerprint density at radius 3 is 1.47 bits per heavy atom. The molecular formula is C28H20Fe2N2-8. The average molecular weight is 496 g/mol. The van der Waals surface area contributed by atoms with Gasteiger partial charge in [0.2, 0.25) is 0 Å². The molecule has 0 fully saturated rings. The van der Waals surface area contributed by atoms with Gasteiger partial charge in [-0.2, -0.15) is 54.7 Å². The van der Waals surface area contributed by atoms with Gasteiger partial charge in [-0.25, -0.2) is 36.4 Å². The summed E-state index contributed by atoms with van der Waals surface area (Å²) in [7, 11) is 0. The van der Waals surface area contributed by atoms with Crippen LogP contribution < -0.4 is 0 Å². The standard InChI is InChI=1S/C18H10N2.2C5H5.2Fe/c1-2-6-15(5-1)13-19-17-9-11-18(12-10-17)20-14-16-7-3-4-8-16;2*1-2-4-5-3-1;;/h1-2,5-6,9-14H;2*1-5H;;/q-6;2*-1;;. The number of rotatable bonds is 4. The molecule has 0 saturated carbocycles. The third-order valence-electron chi connectivity index (χ3n) is 3.81. The van der Waals surface area contributed by atoms with E-state index in [1.807, 2.05) is 115 Å². The molecule has 0 aliphatic heterocycles. The van der Waals surface area contributed by atoms with Gasteiger partial charge >= 0.3 is 0 Å². The molecule has 5 rings (SSSR count). The van der Waals surface area contributed by atoms with Crippen LogP contribution >= 0.6 is 0 Å². The summed E-state index contributed by atoms with van der Waals surface area (Å²) in [5.74, 6) is 0. The van der Waals surface area contributed by atoms with Crippen LogP contribution in [0.3, 0.4) is 0 Å². The molecule has 5 aromatic carbocycles. The maximum absolute atomic E-state index is 4.40. The van der Waals surface area contributed by atoms with E-state index in [2.05, 4.69) is 34.3 Å². The van der Waals surface area contributed by atoms with Crippen LogP contribution in [-0.2, 0) is 34.1 Å². The van der Waals surface area contributed by atoms with Crippen LogP contribution in [0, 0.1) is 24.3 Å². The SMILES string of the molecule is [Fe].[Fe].[c-]1[c-][c-][c-](C=Nc2ccc(N=C[c-]3cccc3)cc2)[c-]1.c1cc[cH-]c1.c1cc[cH-]c1. The van der Waals surface area contributed by atoms with E-state index in [1.54, 1.807) is 6.21 Å². The molecule has 0 aliphatic rings. The number of aliphatic imine (C=N–C) groups is 2. The first-order chi connectivity index (χ1) is 14.9. The summed E-state index contributed by atoms with van der Waals surface area (Å²) < 4.78 is 0. The zero-order chi connectivity index (χ0) is 20.7. The summed E-state index contributed by atoms with van der Waals surface area (Å²) in [5, 5.41) is 0. The molecule has 166 valence electrons. The minimum Gasteiger partial charge on any atom is -0.998 e. The number of hydrogen-bond acceptors (Lipinski definition) is 2. The van der Waals surface area contributed by atoms with Crippen LogP contribution in [0.5, 0.6) is 0 Å². The second-order valence-corrected chi connectivity index (χ2v) is 6.09. The van der Waals surface area contributed by atoms with Gasteiger partial charge in [0.1, 0.15) is 0 Å². The van der Waals surface area contributed by atoms with Crippen molar-refractivity contribution in [2.45, 2.75) is 0 Å². The van der Waals surface area contributed by atoms with Crippen LogP contribution in [0.2, 0.25) is 0 Å². The van der Waals surface area contributed by atoms with Gasteiger partial charge in [0, 0.05) is 34.1 Å². The van der Waals surface area contributed by atoms with E-state index in [9.17, 15) is 0 Å². The average Bonchev–Trinajstić information content (AvgIpc) is 3.63. The zero-order valence-corrected chi connectivity index (χ0v) is 19.4. The Morgan fingerprint density at radius 1 is 0.625 bits per heavy atom. The van der Waals surface area contributed by atoms with Crippen molar-refractivity contribution >= 4 is 23.8 Å². The summed E-state index contributed by atoms with van der Waals surface area (Å²) >= 11 is 0. The van der Waals surface area contributed by atoms with Gasteiger partial charge < -0.3 is 29.8 Å². The van der Waals surface area contributed by atoms with E-state index >= 15 is 0 Å². The molecule has 0 heterocycles. The Labute approximate surface area is 211 Å². The molecule has 0 N–H and O–H groups in total. The summed E-state index contributed by atoms with van der Waals surface area (Å²) in [6.07, 6.45) is 3.53. The fourth-order valence-corrected chi connectivity index (χ4v) is 2.32. The first-order valence-electron chi connectivity index (χ1n) is 9.52. The summed E-state index contributed by atoms with van der Waals surface area (Å²) in [6, 6.07) is 46.8. The number of nitrogens with zero attached hydrogens (tertiary/aromatic N) is 2. The van der Waals surface area contributed by atoms with Crippen molar-refractivity contribution < 1.29 is 34.1 Å². The largest absolute Gasteiger partial charge is 0.998 e. The monoisotopic (exact) mass is 496 g/mol. The Bertz CT molecular complexity index is 930. The van der Waals surface area contributed by atoms with Gasteiger partial charge in [-0.1, -0.05) is 0 Å². The Balaban J connectivity index is 0.000000353. The molecule has 5 aromatic rings. The van der Waals surface area contributed by atoms with Gasteiger partial charge in [0.15, 0.2) is 0 Å². The quantitative estimate of drug-likeness (QED) is 0.152. The van der Waals surface area contributed by atoms with Crippen molar-refractivity contribution in [2.24, 2.45) is 9.98 Å². The second kappa shape index (κ2) is 16.7. The molecule has 2 nitrogen and oxygen atoms in total. The van der Waals surface area contributed by atoms with E-state index in [0.717, 1.165) is 22.5 Å². The van der Waals surface area contributed by atoms with Gasteiger partial charge in [-0.05, 0) is 30.5 Å². The van der Waals surface area contributed by atoms with Crippen molar-refractivity contribution in [2.75, 3.05) is 0 Å². The zero-order valence-electron chi connectivity index (χ0n) is 17.1. The van der Waals surface area contributed by atoms with Gasteiger partial charge in [0.05, 0.1) is 11.4 Å². The molecule has 32 heavy (non-hydrogen) atoms. The molecule has 0 amide bonds. The van der Waals surface area contributed by atoms with E-state index < -0.39 is 0 Å². The Hall–Kier alpha value is -3.00. The third kappa shape index (κ3) is 10.9.